The van der Waals surface area contributed by atoms with Crippen LogP contribution in [0, 0.1) is 6.92 Å². The summed E-state index contributed by atoms with van der Waals surface area (Å²) in [7, 11) is 1.89. The molecular weight excluding hydrogens is 258 g/mol. The largest absolute Gasteiger partial charge is 0.395 e. The number of aliphatic hydroxyl groups is 1. The summed E-state index contributed by atoms with van der Waals surface area (Å²) in [6, 6.07) is 8.93. The maximum atomic E-state index is 11.9. The van der Waals surface area contributed by atoms with Crippen molar-refractivity contribution < 1.29 is 14.4 Å². The maximum absolute atomic E-state index is 11.9. The highest BCUT2D eigenvalue weighted by Crippen LogP contribution is 2.17. The molecule has 0 unspecified atom stereocenters. The fourth-order valence-electron chi connectivity index (χ4n) is 1.75. The van der Waals surface area contributed by atoms with E-state index in [0.717, 1.165) is 5.69 Å². The number of benzene rings is 1. The second kappa shape index (κ2) is 6.21. The predicted octanol–water partition coefficient (Wildman–Crippen LogP) is 1.66. The summed E-state index contributed by atoms with van der Waals surface area (Å²) in [5, 5.41) is 15.3. The van der Waals surface area contributed by atoms with E-state index in [4.69, 9.17) is 9.63 Å². The van der Waals surface area contributed by atoms with Crippen LogP contribution in [0.2, 0.25) is 0 Å². The molecule has 0 bridgehead atoms. The minimum atomic E-state index is -0.307. The molecule has 0 saturated heterocycles. The summed E-state index contributed by atoms with van der Waals surface area (Å²) < 4.78 is 4.86. The number of carbonyl (C=O) groups is 1. The number of likely N-dealkylation sites (N-methyl/N-ethyl adjacent to an activating group) is 1. The van der Waals surface area contributed by atoms with E-state index < -0.39 is 0 Å². The zero-order valence-corrected chi connectivity index (χ0v) is 11.5. The molecule has 0 saturated carbocycles. The molecule has 1 aromatic carbocycles. The van der Waals surface area contributed by atoms with Gasteiger partial charge >= 0.3 is 0 Å². The Labute approximate surface area is 117 Å². The van der Waals surface area contributed by atoms with Crippen molar-refractivity contribution in [1.82, 2.24) is 5.16 Å². The zero-order valence-electron chi connectivity index (χ0n) is 11.5. The highest BCUT2D eigenvalue weighted by atomic mass is 16.5. The van der Waals surface area contributed by atoms with E-state index in [2.05, 4.69) is 10.5 Å². The minimum Gasteiger partial charge on any atom is -0.395 e. The topological polar surface area (TPSA) is 78.6 Å². The van der Waals surface area contributed by atoms with Crippen LogP contribution in [0.4, 0.5) is 11.4 Å². The van der Waals surface area contributed by atoms with E-state index in [1.165, 1.54) is 0 Å². The van der Waals surface area contributed by atoms with Gasteiger partial charge in [0.1, 0.15) is 5.76 Å². The molecule has 1 heterocycles. The van der Waals surface area contributed by atoms with Crippen molar-refractivity contribution in [1.29, 1.82) is 0 Å². The van der Waals surface area contributed by atoms with Crippen molar-refractivity contribution in [2.24, 2.45) is 0 Å². The number of rotatable bonds is 5. The van der Waals surface area contributed by atoms with Crippen LogP contribution in [0.3, 0.4) is 0 Å². The Hall–Kier alpha value is -2.34. The standard InChI is InChI=1S/C14H17N3O3/c1-10-9-13(16-20-10)14(19)15-11-3-5-12(6-4-11)17(2)7-8-18/h3-6,9,18H,7-8H2,1-2H3,(H,15,19). The zero-order chi connectivity index (χ0) is 14.5. The molecule has 6 nitrogen and oxygen atoms in total. The first kappa shape index (κ1) is 14.1. The predicted molar refractivity (Wildman–Crippen MR) is 76.0 cm³/mol. The number of aryl methyl sites for hydroxylation is 1. The fraction of sp³-hybridized carbons (Fsp3) is 0.286. The second-order valence-electron chi connectivity index (χ2n) is 4.47. The molecule has 2 rings (SSSR count). The van der Waals surface area contributed by atoms with E-state index in [0.29, 0.717) is 18.0 Å². The van der Waals surface area contributed by atoms with Gasteiger partial charge in [-0.15, -0.1) is 0 Å². The summed E-state index contributed by atoms with van der Waals surface area (Å²) in [6.07, 6.45) is 0. The molecule has 0 spiro atoms. The summed E-state index contributed by atoms with van der Waals surface area (Å²) in [4.78, 5) is 13.8. The van der Waals surface area contributed by atoms with Crippen LogP contribution >= 0.6 is 0 Å². The molecule has 1 amide bonds. The smallest absolute Gasteiger partial charge is 0.277 e. The monoisotopic (exact) mass is 275 g/mol. The molecule has 0 atom stereocenters. The molecular formula is C14H17N3O3. The number of hydrogen-bond acceptors (Lipinski definition) is 5. The average Bonchev–Trinajstić information content (AvgIpc) is 2.86. The van der Waals surface area contributed by atoms with E-state index >= 15 is 0 Å². The van der Waals surface area contributed by atoms with Crippen LogP contribution < -0.4 is 10.2 Å². The lowest BCUT2D eigenvalue weighted by Gasteiger charge is -2.18. The molecule has 6 heteroatoms. The number of nitrogens with zero attached hydrogens (tertiary/aromatic N) is 2. The van der Waals surface area contributed by atoms with Crippen molar-refractivity contribution in [3.05, 3.63) is 41.8 Å². The summed E-state index contributed by atoms with van der Waals surface area (Å²) >= 11 is 0. The Morgan fingerprint density at radius 2 is 2.10 bits per heavy atom. The number of amides is 1. The van der Waals surface area contributed by atoms with Crippen molar-refractivity contribution in [2.45, 2.75) is 6.92 Å². The molecule has 1 aromatic heterocycles. The van der Waals surface area contributed by atoms with Gasteiger partial charge in [-0.05, 0) is 31.2 Å². The molecule has 0 fully saturated rings. The minimum absolute atomic E-state index is 0.0977. The molecule has 0 aliphatic carbocycles. The maximum Gasteiger partial charge on any atom is 0.277 e. The lowest BCUT2D eigenvalue weighted by Crippen LogP contribution is -2.21. The molecule has 20 heavy (non-hydrogen) atoms. The number of hydrogen-bond donors (Lipinski definition) is 2. The van der Waals surface area contributed by atoms with E-state index in [1.54, 1.807) is 25.1 Å². The molecule has 106 valence electrons. The second-order valence-corrected chi connectivity index (χ2v) is 4.47. The van der Waals surface area contributed by atoms with Gasteiger partial charge in [0.2, 0.25) is 0 Å². The Morgan fingerprint density at radius 1 is 1.40 bits per heavy atom. The Morgan fingerprint density at radius 3 is 2.65 bits per heavy atom. The summed E-state index contributed by atoms with van der Waals surface area (Å²) in [5.74, 6) is 0.287. The van der Waals surface area contributed by atoms with E-state index in [9.17, 15) is 4.79 Å². The van der Waals surface area contributed by atoms with Gasteiger partial charge in [0, 0.05) is 31.0 Å². The number of aromatic nitrogens is 1. The Kier molecular flexibility index (Phi) is 4.37. The third kappa shape index (κ3) is 3.36. The van der Waals surface area contributed by atoms with Gasteiger partial charge in [0.25, 0.3) is 5.91 Å². The van der Waals surface area contributed by atoms with Crippen LogP contribution in [-0.4, -0.2) is 36.4 Å². The van der Waals surface area contributed by atoms with Gasteiger partial charge < -0.3 is 19.8 Å². The third-order valence-electron chi connectivity index (χ3n) is 2.86. The molecule has 0 aliphatic rings. The lowest BCUT2D eigenvalue weighted by atomic mass is 10.2. The van der Waals surface area contributed by atoms with Crippen LogP contribution in [0.15, 0.2) is 34.9 Å². The Bertz CT molecular complexity index is 578. The summed E-state index contributed by atoms with van der Waals surface area (Å²) in [6.45, 7) is 2.39. The Balaban J connectivity index is 2.02. The van der Waals surface area contributed by atoms with E-state index in [-0.39, 0.29) is 18.2 Å². The van der Waals surface area contributed by atoms with Crippen molar-refractivity contribution in [2.75, 3.05) is 30.4 Å². The number of carbonyl (C=O) groups excluding carboxylic acids is 1. The first-order valence-electron chi connectivity index (χ1n) is 6.27. The fourth-order valence-corrected chi connectivity index (χ4v) is 1.75. The number of aliphatic hydroxyl groups excluding tert-OH is 1. The van der Waals surface area contributed by atoms with Crippen LogP contribution in [0.25, 0.3) is 0 Å². The highest BCUT2D eigenvalue weighted by Gasteiger charge is 2.11. The van der Waals surface area contributed by atoms with Gasteiger partial charge in [-0.3, -0.25) is 4.79 Å². The molecule has 2 N–H and O–H groups in total. The number of anilines is 2. The molecule has 2 aromatic rings. The van der Waals surface area contributed by atoms with Gasteiger partial charge in [0.15, 0.2) is 5.69 Å². The number of nitrogens with one attached hydrogen (secondary N) is 1. The molecule has 0 radical (unpaired) electrons. The van der Waals surface area contributed by atoms with Crippen molar-refractivity contribution in [3.63, 3.8) is 0 Å². The average molecular weight is 275 g/mol. The van der Waals surface area contributed by atoms with Gasteiger partial charge in [-0.25, -0.2) is 0 Å². The van der Waals surface area contributed by atoms with Crippen molar-refractivity contribution >= 4 is 17.3 Å². The van der Waals surface area contributed by atoms with Gasteiger partial charge in [-0.1, -0.05) is 5.16 Å². The molecule has 0 aliphatic heterocycles. The first-order chi connectivity index (χ1) is 9.60. The SMILES string of the molecule is Cc1cc(C(=O)Nc2ccc(N(C)CCO)cc2)no1. The lowest BCUT2D eigenvalue weighted by molar-refractivity contribution is 0.101. The van der Waals surface area contributed by atoms with Crippen LogP contribution in [0.5, 0.6) is 0 Å². The van der Waals surface area contributed by atoms with Gasteiger partial charge in [0.05, 0.1) is 6.61 Å². The first-order valence-corrected chi connectivity index (χ1v) is 6.27. The highest BCUT2D eigenvalue weighted by molar-refractivity contribution is 6.02. The van der Waals surface area contributed by atoms with Crippen molar-refractivity contribution in [3.8, 4) is 0 Å². The quantitative estimate of drug-likeness (QED) is 0.867. The van der Waals surface area contributed by atoms with E-state index in [1.807, 2.05) is 24.1 Å². The van der Waals surface area contributed by atoms with Gasteiger partial charge in [-0.2, -0.15) is 0 Å². The normalized spacial score (nSPS) is 10.3. The summed E-state index contributed by atoms with van der Waals surface area (Å²) in [5.41, 5.74) is 1.90. The third-order valence-corrected chi connectivity index (χ3v) is 2.86. The van der Waals surface area contributed by atoms with Crippen LogP contribution in [0.1, 0.15) is 16.2 Å². The van der Waals surface area contributed by atoms with Crippen LogP contribution in [-0.2, 0) is 0 Å².